The summed E-state index contributed by atoms with van der Waals surface area (Å²) in [4.78, 5) is 0. The van der Waals surface area contributed by atoms with Crippen LogP contribution in [0.25, 0.3) is 0 Å². The summed E-state index contributed by atoms with van der Waals surface area (Å²) in [6.07, 6.45) is 0. The average Bonchev–Trinajstić information content (AvgIpc) is 2.44. The quantitative estimate of drug-likeness (QED) is 0.908. The SMILES string of the molecule is N#CC(CNc1cc(F)ccc1F)c1ccccc1. The lowest BCUT2D eigenvalue weighted by atomic mass is 10.0. The van der Waals surface area contributed by atoms with E-state index in [-0.39, 0.29) is 12.2 Å². The molecule has 96 valence electrons. The molecule has 2 aromatic carbocycles. The van der Waals surface area contributed by atoms with Crippen LogP contribution in [-0.4, -0.2) is 6.54 Å². The van der Waals surface area contributed by atoms with Gasteiger partial charge < -0.3 is 5.32 Å². The zero-order chi connectivity index (χ0) is 13.7. The van der Waals surface area contributed by atoms with Gasteiger partial charge in [-0.05, 0) is 23.8 Å². The molecule has 0 amide bonds. The third-order valence-corrected chi connectivity index (χ3v) is 2.78. The normalized spacial score (nSPS) is 11.6. The molecule has 2 nitrogen and oxygen atoms in total. The number of nitrogens with zero attached hydrogens (tertiary/aromatic N) is 1. The Kier molecular flexibility index (Phi) is 4.09. The van der Waals surface area contributed by atoms with E-state index in [0.29, 0.717) is 0 Å². The standard InChI is InChI=1S/C15H12F2N2/c16-13-6-7-14(17)15(8-13)19-10-12(9-18)11-4-2-1-3-5-11/h1-8,12,19H,10H2. The van der Waals surface area contributed by atoms with Gasteiger partial charge in [0.05, 0.1) is 17.7 Å². The van der Waals surface area contributed by atoms with Crippen molar-refractivity contribution in [2.75, 3.05) is 11.9 Å². The maximum Gasteiger partial charge on any atom is 0.146 e. The molecule has 1 N–H and O–H groups in total. The predicted octanol–water partition coefficient (Wildman–Crippen LogP) is 3.68. The van der Waals surface area contributed by atoms with Crippen molar-refractivity contribution in [3.8, 4) is 6.07 Å². The van der Waals surface area contributed by atoms with Gasteiger partial charge in [-0.2, -0.15) is 5.26 Å². The molecule has 1 atom stereocenters. The van der Waals surface area contributed by atoms with Crippen LogP contribution in [0.5, 0.6) is 0 Å². The monoisotopic (exact) mass is 258 g/mol. The average molecular weight is 258 g/mol. The van der Waals surface area contributed by atoms with Crippen molar-refractivity contribution in [1.29, 1.82) is 5.26 Å². The number of rotatable bonds is 4. The number of nitriles is 1. The Bertz CT molecular complexity index is 591. The van der Waals surface area contributed by atoms with Crippen LogP contribution in [0.2, 0.25) is 0 Å². The van der Waals surface area contributed by atoms with Crippen molar-refractivity contribution < 1.29 is 8.78 Å². The maximum absolute atomic E-state index is 13.4. The number of nitrogens with one attached hydrogen (secondary N) is 1. The Balaban J connectivity index is 2.09. The van der Waals surface area contributed by atoms with Crippen LogP contribution < -0.4 is 5.32 Å². The molecule has 0 aliphatic carbocycles. The van der Waals surface area contributed by atoms with Gasteiger partial charge in [0.2, 0.25) is 0 Å². The fraction of sp³-hybridized carbons (Fsp3) is 0.133. The van der Waals surface area contributed by atoms with Crippen LogP contribution >= 0.6 is 0 Å². The fourth-order valence-electron chi connectivity index (χ4n) is 1.77. The van der Waals surface area contributed by atoms with Gasteiger partial charge in [-0.1, -0.05) is 30.3 Å². The number of hydrogen-bond donors (Lipinski definition) is 1. The molecule has 19 heavy (non-hydrogen) atoms. The van der Waals surface area contributed by atoms with Crippen molar-refractivity contribution in [3.63, 3.8) is 0 Å². The zero-order valence-electron chi connectivity index (χ0n) is 10.1. The van der Waals surface area contributed by atoms with E-state index < -0.39 is 17.6 Å². The molecule has 0 aliphatic heterocycles. The number of anilines is 1. The third kappa shape index (κ3) is 3.29. The third-order valence-electron chi connectivity index (χ3n) is 2.78. The Morgan fingerprint density at radius 2 is 1.84 bits per heavy atom. The molecule has 0 aliphatic rings. The zero-order valence-corrected chi connectivity index (χ0v) is 10.1. The Morgan fingerprint density at radius 3 is 2.53 bits per heavy atom. The van der Waals surface area contributed by atoms with Crippen LogP contribution in [0.1, 0.15) is 11.5 Å². The molecule has 0 aromatic heterocycles. The highest BCUT2D eigenvalue weighted by atomic mass is 19.1. The first kappa shape index (κ1) is 13.0. The summed E-state index contributed by atoms with van der Waals surface area (Å²) in [7, 11) is 0. The fourth-order valence-corrected chi connectivity index (χ4v) is 1.77. The second-order valence-electron chi connectivity index (χ2n) is 4.10. The lowest BCUT2D eigenvalue weighted by molar-refractivity contribution is 0.602. The van der Waals surface area contributed by atoms with Crippen LogP contribution in [-0.2, 0) is 0 Å². The molecular weight excluding hydrogens is 246 g/mol. The summed E-state index contributed by atoms with van der Waals surface area (Å²) in [5.41, 5.74) is 0.908. The molecule has 2 rings (SSSR count). The molecule has 0 radical (unpaired) electrons. The van der Waals surface area contributed by atoms with Gasteiger partial charge in [-0.25, -0.2) is 8.78 Å². The lowest BCUT2D eigenvalue weighted by Crippen LogP contribution is -2.12. The number of hydrogen-bond acceptors (Lipinski definition) is 2. The first-order valence-electron chi connectivity index (χ1n) is 5.84. The second-order valence-corrected chi connectivity index (χ2v) is 4.10. The molecule has 0 bridgehead atoms. The van der Waals surface area contributed by atoms with E-state index in [4.69, 9.17) is 5.26 Å². The topological polar surface area (TPSA) is 35.8 Å². The highest BCUT2D eigenvalue weighted by Crippen LogP contribution is 2.19. The first-order valence-corrected chi connectivity index (χ1v) is 5.84. The van der Waals surface area contributed by atoms with Crippen molar-refractivity contribution in [2.24, 2.45) is 0 Å². The van der Waals surface area contributed by atoms with Gasteiger partial charge in [0.1, 0.15) is 11.6 Å². The maximum atomic E-state index is 13.4. The van der Waals surface area contributed by atoms with Crippen LogP contribution in [0.4, 0.5) is 14.5 Å². The van der Waals surface area contributed by atoms with E-state index in [9.17, 15) is 8.78 Å². The first-order chi connectivity index (χ1) is 9.20. The van der Waals surface area contributed by atoms with E-state index in [1.807, 2.05) is 30.3 Å². The molecule has 1 unspecified atom stereocenters. The summed E-state index contributed by atoms with van der Waals surface area (Å²) in [6.45, 7) is 0.223. The minimum atomic E-state index is -0.536. The number of halogens is 2. The molecule has 2 aromatic rings. The number of benzene rings is 2. The molecule has 0 spiro atoms. The van der Waals surface area contributed by atoms with Crippen molar-refractivity contribution in [1.82, 2.24) is 0 Å². The van der Waals surface area contributed by atoms with E-state index in [1.165, 1.54) is 0 Å². The molecule has 0 heterocycles. The van der Waals surface area contributed by atoms with E-state index >= 15 is 0 Å². The summed E-state index contributed by atoms with van der Waals surface area (Å²) in [5, 5.41) is 11.9. The highest BCUT2D eigenvalue weighted by molar-refractivity contribution is 5.45. The van der Waals surface area contributed by atoms with E-state index in [2.05, 4.69) is 11.4 Å². The highest BCUT2D eigenvalue weighted by Gasteiger charge is 2.11. The smallest absolute Gasteiger partial charge is 0.146 e. The summed E-state index contributed by atoms with van der Waals surface area (Å²) in [5.74, 6) is -1.47. The lowest BCUT2D eigenvalue weighted by Gasteiger charge is -2.12. The van der Waals surface area contributed by atoms with Gasteiger partial charge in [0, 0.05) is 6.54 Å². The summed E-state index contributed by atoms with van der Waals surface area (Å²) in [6, 6.07) is 14.5. The van der Waals surface area contributed by atoms with Gasteiger partial charge in [-0.3, -0.25) is 0 Å². The molecule has 0 fully saturated rings. The van der Waals surface area contributed by atoms with Crippen molar-refractivity contribution in [2.45, 2.75) is 5.92 Å². The molecule has 0 saturated carbocycles. The molecular formula is C15H12F2N2. The van der Waals surface area contributed by atoms with Crippen molar-refractivity contribution >= 4 is 5.69 Å². The second kappa shape index (κ2) is 5.96. The molecule has 0 saturated heterocycles. The van der Waals surface area contributed by atoms with E-state index in [1.54, 1.807) is 0 Å². The van der Waals surface area contributed by atoms with Gasteiger partial charge >= 0.3 is 0 Å². The minimum Gasteiger partial charge on any atom is -0.381 e. The van der Waals surface area contributed by atoms with Gasteiger partial charge in [0.25, 0.3) is 0 Å². The largest absolute Gasteiger partial charge is 0.381 e. The Labute approximate surface area is 110 Å². The predicted molar refractivity (Wildman–Crippen MR) is 69.6 cm³/mol. The minimum absolute atomic E-state index is 0.0659. The summed E-state index contributed by atoms with van der Waals surface area (Å²) < 4.78 is 26.4. The van der Waals surface area contributed by atoms with E-state index in [0.717, 1.165) is 23.8 Å². The Morgan fingerprint density at radius 1 is 1.11 bits per heavy atom. The van der Waals surface area contributed by atoms with Gasteiger partial charge in [0.15, 0.2) is 0 Å². The van der Waals surface area contributed by atoms with Crippen LogP contribution in [0, 0.1) is 23.0 Å². The van der Waals surface area contributed by atoms with Gasteiger partial charge in [-0.15, -0.1) is 0 Å². The van der Waals surface area contributed by atoms with Crippen molar-refractivity contribution in [3.05, 3.63) is 65.7 Å². The Hall–Kier alpha value is -2.41. The molecule has 4 heteroatoms. The van der Waals surface area contributed by atoms with Crippen LogP contribution in [0.15, 0.2) is 48.5 Å². The summed E-state index contributed by atoms with van der Waals surface area (Å²) >= 11 is 0. The van der Waals surface area contributed by atoms with Crippen LogP contribution in [0.3, 0.4) is 0 Å².